The number of allylic oxidation sites excluding steroid dienone is 2. The molecule has 10 atom stereocenters. The molecule has 1 aromatic heterocycles. The molecule has 6 aliphatic rings. The standard InChI is InChI=1S/C13H18O.C8H12.C5H6O.H2/c1-6-3-8-5-9(6)12-10-4-7(2)13(14-10)11(8)12;1-6-4-7-2-3-8(6)5-7;1-5-3-2-4-6-5;/h4,6,8-13H,3,5H2,1-2H3;2-3,6-8H,4-5H2,1H3;2-4H,1H3;1H/i;;;1+1. The largest absolute Gasteiger partial charge is 0.470 e. The highest BCUT2D eigenvalue weighted by atomic mass is 16.5. The zero-order valence-electron chi connectivity index (χ0n) is 17.9. The zero-order chi connectivity index (χ0) is 19.4. The van der Waals surface area contributed by atoms with Crippen molar-refractivity contribution < 1.29 is 10.6 Å². The van der Waals surface area contributed by atoms with Gasteiger partial charge >= 0.3 is 0 Å². The quantitative estimate of drug-likeness (QED) is 0.467. The molecule has 1 saturated heterocycles. The third-order valence-electron chi connectivity index (χ3n) is 8.65. The summed E-state index contributed by atoms with van der Waals surface area (Å²) in [6.07, 6.45) is 15.8. The third kappa shape index (κ3) is 3.12. The van der Waals surface area contributed by atoms with Crippen molar-refractivity contribution in [3.05, 3.63) is 48.0 Å². The van der Waals surface area contributed by atoms with Gasteiger partial charge in [0, 0.05) is 1.43 Å². The van der Waals surface area contributed by atoms with Crippen LogP contribution in [0.3, 0.4) is 0 Å². The molecule has 10 unspecified atom stereocenters. The minimum atomic E-state index is 0. The second kappa shape index (κ2) is 7.20. The van der Waals surface area contributed by atoms with E-state index in [2.05, 4.69) is 39.0 Å². The highest BCUT2D eigenvalue weighted by Crippen LogP contribution is 2.63. The molecule has 28 heavy (non-hydrogen) atoms. The average Bonchev–Trinajstić information content (AvgIpc) is 3.47. The second-order valence-corrected chi connectivity index (χ2v) is 10.4. The number of rotatable bonds is 0. The number of fused-ring (bicyclic) bond motifs is 11. The fourth-order valence-electron chi connectivity index (χ4n) is 7.37. The number of hydrogen-bond donors (Lipinski definition) is 0. The van der Waals surface area contributed by atoms with Gasteiger partial charge in [0.2, 0.25) is 0 Å². The number of aryl methyl sites for hydroxylation is 1. The summed E-state index contributed by atoms with van der Waals surface area (Å²) in [4.78, 5) is 0. The molecule has 2 nitrogen and oxygen atoms in total. The number of ether oxygens (including phenoxy) is 1. The van der Waals surface area contributed by atoms with Crippen molar-refractivity contribution >= 4 is 0 Å². The molecular formula is C26H38O2. The first-order chi connectivity index (χ1) is 13.5. The maximum atomic E-state index is 6.09. The summed E-state index contributed by atoms with van der Waals surface area (Å²) < 4.78 is 10.9. The maximum Gasteiger partial charge on any atom is 0.100 e. The van der Waals surface area contributed by atoms with E-state index in [4.69, 9.17) is 9.15 Å². The summed E-state index contributed by atoms with van der Waals surface area (Å²) in [6.45, 7) is 8.99. The Morgan fingerprint density at radius 3 is 2.36 bits per heavy atom. The lowest BCUT2D eigenvalue weighted by Gasteiger charge is -2.34. The van der Waals surface area contributed by atoms with Crippen LogP contribution in [0.25, 0.3) is 0 Å². The van der Waals surface area contributed by atoms with Gasteiger partial charge in [0.25, 0.3) is 0 Å². The van der Waals surface area contributed by atoms with E-state index in [0.717, 1.165) is 53.1 Å². The van der Waals surface area contributed by atoms with Crippen molar-refractivity contribution in [3.8, 4) is 0 Å². The Hall–Kier alpha value is -1.28. The predicted molar refractivity (Wildman–Crippen MR) is 115 cm³/mol. The Morgan fingerprint density at radius 2 is 1.82 bits per heavy atom. The summed E-state index contributed by atoms with van der Waals surface area (Å²) in [6, 6.07) is 3.79. The molecule has 4 fully saturated rings. The van der Waals surface area contributed by atoms with Gasteiger partial charge < -0.3 is 9.15 Å². The van der Waals surface area contributed by atoms with E-state index < -0.39 is 0 Å². The van der Waals surface area contributed by atoms with Crippen LogP contribution in [-0.2, 0) is 4.74 Å². The molecule has 0 aromatic carbocycles. The summed E-state index contributed by atoms with van der Waals surface area (Å²) >= 11 is 0. The van der Waals surface area contributed by atoms with Gasteiger partial charge in [-0.25, -0.2) is 0 Å². The molecule has 2 aliphatic heterocycles. The molecule has 3 saturated carbocycles. The van der Waals surface area contributed by atoms with Crippen molar-refractivity contribution in [2.24, 2.45) is 47.3 Å². The monoisotopic (exact) mass is 383 g/mol. The molecule has 0 spiro atoms. The molecule has 7 rings (SSSR count). The number of hydrogen-bond acceptors (Lipinski definition) is 2. The van der Waals surface area contributed by atoms with Crippen molar-refractivity contribution in [2.75, 3.05) is 0 Å². The van der Waals surface area contributed by atoms with Gasteiger partial charge in [-0.3, -0.25) is 0 Å². The summed E-state index contributed by atoms with van der Waals surface area (Å²) in [7, 11) is 0. The molecule has 0 amide bonds. The van der Waals surface area contributed by atoms with Crippen LogP contribution in [0.15, 0.2) is 46.6 Å². The minimum Gasteiger partial charge on any atom is -0.470 e. The Balaban J connectivity index is 0.000000117. The lowest BCUT2D eigenvalue weighted by Crippen LogP contribution is -2.34. The SMILES string of the molecule is CC1=CC2OC1C1C3CC(C)C(C3)C21.CC1CC2C=CC1C2.Cc1ccco1.[2HH]. The average molecular weight is 384 g/mol. The summed E-state index contributed by atoms with van der Waals surface area (Å²) in [5.74, 6) is 8.65. The van der Waals surface area contributed by atoms with Gasteiger partial charge in [-0.15, -0.1) is 0 Å². The van der Waals surface area contributed by atoms with Crippen LogP contribution in [-0.4, -0.2) is 12.2 Å². The fraction of sp³-hybridized carbons (Fsp3) is 0.692. The first kappa shape index (κ1) is 18.7. The van der Waals surface area contributed by atoms with E-state index in [9.17, 15) is 0 Å². The first-order valence-electron chi connectivity index (χ1n) is 11.5. The highest BCUT2D eigenvalue weighted by molar-refractivity contribution is 5.27. The lowest BCUT2D eigenvalue weighted by atomic mass is 9.68. The molecule has 0 N–H and O–H groups in total. The number of furan rings is 1. The summed E-state index contributed by atoms with van der Waals surface area (Å²) in [5.41, 5.74) is 1.52. The van der Waals surface area contributed by atoms with Crippen LogP contribution in [0.1, 0.15) is 53.6 Å². The smallest absolute Gasteiger partial charge is 0.100 e. The maximum absolute atomic E-state index is 6.09. The molecule has 6 bridgehead atoms. The second-order valence-electron chi connectivity index (χ2n) is 10.4. The lowest BCUT2D eigenvalue weighted by molar-refractivity contribution is 0.0835. The van der Waals surface area contributed by atoms with Crippen LogP contribution in [0.2, 0.25) is 0 Å². The Morgan fingerprint density at radius 1 is 0.964 bits per heavy atom. The topological polar surface area (TPSA) is 22.4 Å². The molecule has 154 valence electrons. The fourth-order valence-corrected chi connectivity index (χ4v) is 7.37. The van der Waals surface area contributed by atoms with Crippen molar-refractivity contribution in [2.45, 2.75) is 65.6 Å². The zero-order valence-corrected chi connectivity index (χ0v) is 17.9. The van der Waals surface area contributed by atoms with Gasteiger partial charge in [0.1, 0.15) is 5.76 Å². The van der Waals surface area contributed by atoms with Gasteiger partial charge in [-0.1, -0.05) is 32.1 Å². The van der Waals surface area contributed by atoms with E-state index in [1.165, 1.54) is 31.3 Å². The minimum absolute atomic E-state index is 0. The van der Waals surface area contributed by atoms with Crippen LogP contribution in [0.5, 0.6) is 0 Å². The molecule has 4 aliphatic carbocycles. The van der Waals surface area contributed by atoms with E-state index in [1.54, 1.807) is 6.26 Å². The Kier molecular flexibility index (Phi) is 4.82. The van der Waals surface area contributed by atoms with Crippen LogP contribution in [0.4, 0.5) is 0 Å². The van der Waals surface area contributed by atoms with Crippen molar-refractivity contribution in [1.82, 2.24) is 0 Å². The first-order valence-corrected chi connectivity index (χ1v) is 11.5. The third-order valence-corrected chi connectivity index (χ3v) is 8.65. The van der Waals surface area contributed by atoms with E-state index in [0.29, 0.717) is 12.2 Å². The highest BCUT2D eigenvalue weighted by Gasteiger charge is 2.62. The van der Waals surface area contributed by atoms with Gasteiger partial charge in [0.15, 0.2) is 0 Å². The van der Waals surface area contributed by atoms with Gasteiger partial charge in [-0.2, -0.15) is 0 Å². The molecular weight excluding hydrogens is 344 g/mol. The molecule has 3 heterocycles. The van der Waals surface area contributed by atoms with Crippen molar-refractivity contribution in [1.29, 1.82) is 0 Å². The normalized spacial score (nSPS) is 48.1. The van der Waals surface area contributed by atoms with Gasteiger partial charge in [-0.05, 0) is 105 Å². The Bertz CT molecular complexity index is 751. The molecule has 2 heteroatoms. The van der Waals surface area contributed by atoms with E-state index in [-0.39, 0.29) is 1.43 Å². The van der Waals surface area contributed by atoms with E-state index >= 15 is 0 Å². The van der Waals surface area contributed by atoms with Crippen molar-refractivity contribution in [3.63, 3.8) is 0 Å². The van der Waals surface area contributed by atoms with Crippen LogP contribution in [0, 0.1) is 54.3 Å². The van der Waals surface area contributed by atoms with Crippen LogP contribution < -0.4 is 0 Å². The summed E-state index contributed by atoms with van der Waals surface area (Å²) in [5, 5.41) is 0. The van der Waals surface area contributed by atoms with E-state index in [1.807, 2.05) is 19.1 Å². The van der Waals surface area contributed by atoms with Crippen LogP contribution >= 0.6 is 0 Å². The Labute approximate surface area is 171 Å². The predicted octanol–water partition coefficient (Wildman–Crippen LogP) is 6.67. The molecule has 0 radical (unpaired) electrons. The molecule has 1 aromatic rings. The van der Waals surface area contributed by atoms with Gasteiger partial charge in [0.05, 0.1) is 18.5 Å².